The van der Waals surface area contributed by atoms with E-state index in [-0.39, 0.29) is 22.4 Å². The second-order valence-electron chi connectivity index (χ2n) is 8.89. The van der Waals surface area contributed by atoms with Crippen LogP contribution in [-0.2, 0) is 7.05 Å². The Hall–Kier alpha value is -4.12. The van der Waals surface area contributed by atoms with Gasteiger partial charge in [-0.25, -0.2) is 4.39 Å². The predicted octanol–water partition coefficient (Wildman–Crippen LogP) is 4.21. The number of aryl methyl sites for hydroxylation is 1. The number of aromatic nitrogens is 9. The molecule has 1 aliphatic carbocycles. The number of nitrogens with zero attached hydrogens (tertiary/aromatic N) is 9. The lowest BCUT2D eigenvalue weighted by atomic mass is 10.0. The van der Waals surface area contributed by atoms with Crippen molar-refractivity contribution in [2.45, 2.75) is 25.3 Å². The summed E-state index contributed by atoms with van der Waals surface area (Å²) >= 11 is 6.10. The maximum Gasteiger partial charge on any atom is 0.161 e. The minimum atomic E-state index is -0.568. The Labute approximate surface area is 210 Å². The number of halogens is 2. The molecule has 0 amide bonds. The third kappa shape index (κ3) is 4.01. The van der Waals surface area contributed by atoms with Crippen molar-refractivity contribution < 1.29 is 9.50 Å². The van der Waals surface area contributed by atoms with Crippen LogP contribution in [0.3, 0.4) is 0 Å². The number of tetrazole rings is 1. The summed E-state index contributed by atoms with van der Waals surface area (Å²) in [5.41, 5.74) is 3.44. The van der Waals surface area contributed by atoms with E-state index < -0.39 is 5.82 Å². The van der Waals surface area contributed by atoms with Crippen molar-refractivity contribution in [1.29, 1.82) is 0 Å². The van der Waals surface area contributed by atoms with Crippen molar-refractivity contribution in [1.82, 2.24) is 44.8 Å². The van der Waals surface area contributed by atoms with Crippen LogP contribution in [0.4, 0.5) is 4.39 Å². The molecule has 1 fully saturated rings. The number of pyridine rings is 1. The summed E-state index contributed by atoms with van der Waals surface area (Å²) in [4.78, 5) is 4.71. The van der Waals surface area contributed by atoms with Gasteiger partial charge in [0.15, 0.2) is 11.6 Å². The standard InChI is InChI=1S/C24H21ClFN9O/c1-33-24(21(36)11-29-33)16-10-30-34(12-16)20(8-14-2-3-14)18-6-4-15(9-27-18)22-19(35-13-28-31-32-35)7-5-17(25)23(22)26/h4-7,9-14,20,36H,2-3,8H2,1H3/t20-/m0/s1. The molecule has 10 nitrogen and oxygen atoms in total. The van der Waals surface area contributed by atoms with Crippen LogP contribution >= 0.6 is 11.6 Å². The van der Waals surface area contributed by atoms with Gasteiger partial charge in [-0.1, -0.05) is 30.5 Å². The highest BCUT2D eigenvalue weighted by Gasteiger charge is 2.29. The molecule has 12 heteroatoms. The van der Waals surface area contributed by atoms with Gasteiger partial charge in [-0.3, -0.25) is 14.3 Å². The van der Waals surface area contributed by atoms with Gasteiger partial charge >= 0.3 is 0 Å². The summed E-state index contributed by atoms with van der Waals surface area (Å²) in [5, 5.41) is 30.1. The number of rotatable bonds is 7. The molecule has 4 aromatic heterocycles. The second-order valence-corrected chi connectivity index (χ2v) is 9.29. The van der Waals surface area contributed by atoms with Crippen LogP contribution in [0.25, 0.3) is 28.1 Å². The Kier molecular flexibility index (Phi) is 5.48. The molecule has 4 heterocycles. The molecule has 0 radical (unpaired) electrons. The first-order valence-electron chi connectivity index (χ1n) is 11.4. The molecule has 0 saturated heterocycles. The molecule has 6 rings (SSSR count). The van der Waals surface area contributed by atoms with Gasteiger partial charge in [0.25, 0.3) is 0 Å². The highest BCUT2D eigenvalue weighted by atomic mass is 35.5. The summed E-state index contributed by atoms with van der Waals surface area (Å²) in [5.74, 6) is 0.132. The van der Waals surface area contributed by atoms with Crippen LogP contribution in [0.5, 0.6) is 5.75 Å². The van der Waals surface area contributed by atoms with Gasteiger partial charge < -0.3 is 5.11 Å². The van der Waals surface area contributed by atoms with Crippen LogP contribution in [0.1, 0.15) is 31.0 Å². The van der Waals surface area contributed by atoms with Gasteiger partial charge in [0.2, 0.25) is 0 Å². The molecule has 1 N–H and O–H groups in total. The minimum Gasteiger partial charge on any atom is -0.504 e. The second kappa shape index (κ2) is 8.83. The van der Waals surface area contributed by atoms with Gasteiger partial charge in [-0.15, -0.1) is 5.10 Å². The fraction of sp³-hybridized carbons (Fsp3) is 0.250. The zero-order valence-electron chi connectivity index (χ0n) is 19.2. The van der Waals surface area contributed by atoms with E-state index in [1.807, 2.05) is 23.0 Å². The van der Waals surface area contributed by atoms with E-state index >= 15 is 4.39 Å². The Morgan fingerprint density at radius 3 is 2.64 bits per heavy atom. The van der Waals surface area contributed by atoms with Crippen LogP contribution in [0.2, 0.25) is 5.02 Å². The van der Waals surface area contributed by atoms with Gasteiger partial charge in [0.05, 0.1) is 34.8 Å². The fourth-order valence-corrected chi connectivity index (χ4v) is 4.61. The van der Waals surface area contributed by atoms with Crippen molar-refractivity contribution >= 4 is 11.6 Å². The quantitative estimate of drug-likeness (QED) is 0.352. The molecule has 1 aromatic carbocycles. The highest BCUT2D eigenvalue weighted by Crippen LogP contribution is 2.40. The first-order chi connectivity index (χ1) is 17.5. The summed E-state index contributed by atoms with van der Waals surface area (Å²) in [7, 11) is 1.77. The van der Waals surface area contributed by atoms with Gasteiger partial charge in [-0.2, -0.15) is 14.9 Å². The molecule has 1 aliphatic rings. The Morgan fingerprint density at radius 2 is 1.97 bits per heavy atom. The number of hydrogen-bond acceptors (Lipinski definition) is 7. The average Bonchev–Trinajstić information content (AvgIpc) is 3.23. The maximum absolute atomic E-state index is 15.2. The summed E-state index contributed by atoms with van der Waals surface area (Å²) < 4.78 is 20.0. The summed E-state index contributed by atoms with van der Waals surface area (Å²) in [6.45, 7) is 0. The van der Waals surface area contributed by atoms with E-state index in [1.165, 1.54) is 36.1 Å². The van der Waals surface area contributed by atoms with Crippen molar-refractivity contribution in [2.24, 2.45) is 13.0 Å². The number of aromatic hydroxyl groups is 1. The Morgan fingerprint density at radius 1 is 1.11 bits per heavy atom. The third-order valence-electron chi connectivity index (χ3n) is 6.45. The smallest absolute Gasteiger partial charge is 0.161 e. The highest BCUT2D eigenvalue weighted by molar-refractivity contribution is 6.31. The predicted molar refractivity (Wildman–Crippen MR) is 129 cm³/mol. The molecule has 0 aliphatic heterocycles. The Bertz CT molecular complexity index is 1500. The van der Waals surface area contributed by atoms with E-state index in [1.54, 1.807) is 30.2 Å². The van der Waals surface area contributed by atoms with Crippen molar-refractivity contribution in [3.05, 3.63) is 71.9 Å². The largest absolute Gasteiger partial charge is 0.504 e. The van der Waals surface area contributed by atoms with Crippen LogP contribution < -0.4 is 0 Å². The van der Waals surface area contributed by atoms with Crippen molar-refractivity contribution in [3.63, 3.8) is 0 Å². The molecule has 0 bridgehead atoms. The van der Waals surface area contributed by atoms with E-state index in [2.05, 4.69) is 25.7 Å². The summed E-state index contributed by atoms with van der Waals surface area (Å²) in [6.07, 6.45) is 11.3. The van der Waals surface area contributed by atoms with Gasteiger partial charge in [0.1, 0.15) is 12.0 Å². The van der Waals surface area contributed by atoms with E-state index in [4.69, 9.17) is 16.6 Å². The SMILES string of the molecule is Cn1ncc(O)c1-c1cnn([C@@H](CC2CC2)c2ccc(-c3c(-n4cnnn4)ccc(Cl)c3F)cn2)c1. The molecule has 36 heavy (non-hydrogen) atoms. The third-order valence-corrected chi connectivity index (χ3v) is 6.74. The van der Waals surface area contributed by atoms with Crippen LogP contribution in [0.15, 0.2) is 55.4 Å². The Balaban J connectivity index is 1.37. The summed E-state index contributed by atoms with van der Waals surface area (Å²) in [6, 6.07) is 6.73. The molecule has 5 aromatic rings. The zero-order valence-corrected chi connectivity index (χ0v) is 20.0. The van der Waals surface area contributed by atoms with E-state index in [0.717, 1.165) is 17.7 Å². The minimum absolute atomic E-state index is 0.000000805. The lowest BCUT2D eigenvalue weighted by Crippen LogP contribution is -2.14. The fourth-order valence-electron chi connectivity index (χ4n) is 4.45. The lowest BCUT2D eigenvalue weighted by molar-refractivity contribution is 0.455. The lowest BCUT2D eigenvalue weighted by Gasteiger charge is -2.18. The van der Waals surface area contributed by atoms with E-state index in [0.29, 0.717) is 22.9 Å². The molecule has 1 atom stereocenters. The van der Waals surface area contributed by atoms with Crippen LogP contribution in [0, 0.1) is 11.7 Å². The van der Waals surface area contributed by atoms with Gasteiger partial charge in [0, 0.05) is 36.1 Å². The van der Waals surface area contributed by atoms with Crippen molar-refractivity contribution in [3.8, 4) is 33.8 Å². The van der Waals surface area contributed by atoms with Gasteiger partial charge in [-0.05, 0) is 41.0 Å². The molecule has 1 saturated carbocycles. The van der Waals surface area contributed by atoms with Crippen molar-refractivity contribution in [2.75, 3.05) is 0 Å². The molecule has 182 valence electrons. The monoisotopic (exact) mass is 505 g/mol. The molecular weight excluding hydrogens is 485 g/mol. The maximum atomic E-state index is 15.2. The number of hydrogen-bond donors (Lipinski definition) is 1. The zero-order chi connectivity index (χ0) is 24.8. The molecular formula is C24H21ClFN9O. The van der Waals surface area contributed by atoms with E-state index in [9.17, 15) is 5.11 Å². The molecule has 0 spiro atoms. The van der Waals surface area contributed by atoms with Crippen LogP contribution in [-0.4, -0.2) is 49.9 Å². The normalized spacial score (nSPS) is 14.3. The molecule has 0 unspecified atom stereocenters. The topological polar surface area (TPSA) is 112 Å². The first kappa shape index (κ1) is 22.4. The average molecular weight is 506 g/mol. The number of benzene rings is 1. The first-order valence-corrected chi connectivity index (χ1v) is 11.8.